The van der Waals surface area contributed by atoms with E-state index >= 15 is 0 Å². The van der Waals surface area contributed by atoms with Gasteiger partial charge in [0.15, 0.2) is 0 Å². The molecular formula is C20H20F3N5O. The van der Waals surface area contributed by atoms with E-state index in [1.54, 1.807) is 36.2 Å². The SMILES string of the molecule is CC1=C(C(=O)NC2=CC=CCN2)N2NC(c3ccccc3C(F)(F)F)C=CC2N1. The number of dihydropyridines is 1. The highest BCUT2D eigenvalue weighted by Crippen LogP contribution is 2.36. The van der Waals surface area contributed by atoms with Crippen LogP contribution in [0.3, 0.4) is 0 Å². The second-order valence-electron chi connectivity index (χ2n) is 6.85. The number of alkyl halides is 3. The Bertz CT molecular complexity index is 948. The molecule has 0 radical (unpaired) electrons. The number of nitrogens with one attached hydrogen (secondary N) is 4. The Morgan fingerprint density at radius 1 is 1.24 bits per heavy atom. The van der Waals surface area contributed by atoms with Crippen LogP contribution in [0.25, 0.3) is 0 Å². The molecule has 3 heterocycles. The summed E-state index contributed by atoms with van der Waals surface area (Å²) in [4.78, 5) is 12.8. The fourth-order valence-electron chi connectivity index (χ4n) is 3.57. The molecule has 0 aromatic heterocycles. The van der Waals surface area contributed by atoms with Gasteiger partial charge in [0.05, 0.1) is 11.6 Å². The van der Waals surface area contributed by atoms with Crippen molar-refractivity contribution in [1.29, 1.82) is 0 Å². The summed E-state index contributed by atoms with van der Waals surface area (Å²) in [7, 11) is 0. The van der Waals surface area contributed by atoms with E-state index in [9.17, 15) is 18.0 Å². The first-order valence-corrected chi connectivity index (χ1v) is 9.14. The molecule has 9 heteroatoms. The molecule has 152 valence electrons. The molecule has 0 saturated heterocycles. The van der Waals surface area contributed by atoms with Gasteiger partial charge < -0.3 is 16.0 Å². The zero-order valence-corrected chi connectivity index (χ0v) is 15.5. The Morgan fingerprint density at radius 2 is 2.03 bits per heavy atom. The third-order valence-corrected chi connectivity index (χ3v) is 4.88. The monoisotopic (exact) mass is 403 g/mol. The van der Waals surface area contributed by atoms with E-state index in [0.29, 0.717) is 23.8 Å². The molecule has 2 unspecified atom stereocenters. The molecule has 29 heavy (non-hydrogen) atoms. The van der Waals surface area contributed by atoms with E-state index in [1.807, 2.05) is 12.2 Å². The Labute approximate surface area is 165 Å². The highest BCUT2D eigenvalue weighted by atomic mass is 19.4. The van der Waals surface area contributed by atoms with Gasteiger partial charge >= 0.3 is 6.18 Å². The van der Waals surface area contributed by atoms with Crippen LogP contribution in [0.1, 0.15) is 24.1 Å². The van der Waals surface area contributed by atoms with Crippen molar-refractivity contribution in [2.24, 2.45) is 0 Å². The summed E-state index contributed by atoms with van der Waals surface area (Å²) in [6.07, 6.45) is 4.07. The second-order valence-corrected chi connectivity index (χ2v) is 6.85. The summed E-state index contributed by atoms with van der Waals surface area (Å²) < 4.78 is 40.3. The molecule has 1 amide bonds. The molecule has 0 spiro atoms. The minimum Gasteiger partial charge on any atom is -0.368 e. The number of halogens is 3. The van der Waals surface area contributed by atoms with Gasteiger partial charge in [-0.25, -0.2) is 5.43 Å². The van der Waals surface area contributed by atoms with Gasteiger partial charge in [-0.3, -0.25) is 9.80 Å². The fourth-order valence-corrected chi connectivity index (χ4v) is 3.57. The van der Waals surface area contributed by atoms with Crippen molar-refractivity contribution in [2.45, 2.75) is 25.3 Å². The van der Waals surface area contributed by atoms with Crippen LogP contribution in [0.5, 0.6) is 0 Å². The maximum atomic E-state index is 13.4. The summed E-state index contributed by atoms with van der Waals surface area (Å²) in [5.41, 5.74) is 3.40. The van der Waals surface area contributed by atoms with Crippen LogP contribution in [0.2, 0.25) is 0 Å². The van der Waals surface area contributed by atoms with E-state index in [1.165, 1.54) is 12.1 Å². The molecule has 0 fully saturated rings. The quantitative estimate of drug-likeness (QED) is 0.584. The number of carbonyl (C=O) groups is 1. The van der Waals surface area contributed by atoms with Gasteiger partial charge in [0.2, 0.25) is 0 Å². The zero-order chi connectivity index (χ0) is 20.6. The first-order chi connectivity index (χ1) is 13.8. The summed E-state index contributed by atoms with van der Waals surface area (Å²) in [5.74, 6) is 0.199. The fraction of sp³-hybridized carbons (Fsp3) is 0.250. The first kappa shape index (κ1) is 19.1. The molecular weight excluding hydrogens is 383 g/mol. The van der Waals surface area contributed by atoms with Gasteiger partial charge in [0.1, 0.15) is 17.7 Å². The number of rotatable bonds is 3. The van der Waals surface area contributed by atoms with Gasteiger partial charge in [-0.2, -0.15) is 13.2 Å². The van der Waals surface area contributed by atoms with E-state index in [-0.39, 0.29) is 17.6 Å². The maximum absolute atomic E-state index is 13.4. The Hall–Kier alpha value is -3.20. The minimum atomic E-state index is -4.47. The first-order valence-electron chi connectivity index (χ1n) is 9.14. The number of nitrogens with zero attached hydrogens (tertiary/aromatic N) is 1. The molecule has 3 aliphatic rings. The van der Waals surface area contributed by atoms with E-state index < -0.39 is 17.8 Å². The lowest BCUT2D eigenvalue weighted by Gasteiger charge is -2.35. The van der Waals surface area contributed by atoms with E-state index in [4.69, 9.17) is 0 Å². The third kappa shape index (κ3) is 3.73. The van der Waals surface area contributed by atoms with Crippen LogP contribution in [0.4, 0.5) is 13.2 Å². The summed E-state index contributed by atoms with van der Waals surface area (Å²) in [6, 6.07) is 4.70. The molecule has 1 aromatic carbocycles. The average Bonchev–Trinajstić information content (AvgIpc) is 3.03. The average molecular weight is 403 g/mol. The predicted molar refractivity (Wildman–Crippen MR) is 101 cm³/mol. The highest BCUT2D eigenvalue weighted by Gasteiger charge is 2.39. The van der Waals surface area contributed by atoms with Crippen molar-refractivity contribution >= 4 is 5.91 Å². The number of hydrazine groups is 1. The van der Waals surface area contributed by atoms with Crippen LogP contribution in [0.15, 0.2) is 71.9 Å². The number of hydrogen-bond acceptors (Lipinski definition) is 5. The number of amides is 1. The van der Waals surface area contributed by atoms with Crippen molar-refractivity contribution in [3.8, 4) is 0 Å². The number of benzene rings is 1. The van der Waals surface area contributed by atoms with E-state index in [2.05, 4.69) is 21.4 Å². The molecule has 3 aliphatic heterocycles. The number of fused-ring (bicyclic) bond motifs is 1. The van der Waals surface area contributed by atoms with Gasteiger partial charge in [-0.15, -0.1) is 0 Å². The topological polar surface area (TPSA) is 68.4 Å². The molecule has 6 nitrogen and oxygen atoms in total. The van der Waals surface area contributed by atoms with Crippen LogP contribution >= 0.6 is 0 Å². The summed E-state index contributed by atoms with van der Waals surface area (Å²) in [5, 5.41) is 10.6. The Morgan fingerprint density at radius 3 is 2.76 bits per heavy atom. The van der Waals surface area contributed by atoms with Crippen LogP contribution in [-0.2, 0) is 11.0 Å². The summed E-state index contributed by atoms with van der Waals surface area (Å²) >= 11 is 0. The van der Waals surface area contributed by atoms with Crippen molar-refractivity contribution in [2.75, 3.05) is 6.54 Å². The lowest BCUT2D eigenvalue weighted by atomic mass is 9.99. The predicted octanol–water partition coefficient (Wildman–Crippen LogP) is 2.40. The van der Waals surface area contributed by atoms with Gasteiger partial charge in [0, 0.05) is 12.2 Å². The van der Waals surface area contributed by atoms with Crippen molar-refractivity contribution in [1.82, 2.24) is 26.4 Å². The molecule has 4 N–H and O–H groups in total. The van der Waals surface area contributed by atoms with Crippen molar-refractivity contribution < 1.29 is 18.0 Å². The summed E-state index contributed by atoms with van der Waals surface area (Å²) in [6.45, 7) is 2.36. The Kier molecular flexibility index (Phi) is 4.83. The zero-order valence-electron chi connectivity index (χ0n) is 15.5. The molecule has 4 rings (SSSR count). The normalized spacial score (nSPS) is 23.3. The van der Waals surface area contributed by atoms with Crippen LogP contribution in [-0.4, -0.2) is 23.6 Å². The van der Waals surface area contributed by atoms with Crippen LogP contribution in [0, 0.1) is 0 Å². The maximum Gasteiger partial charge on any atom is 0.416 e. The van der Waals surface area contributed by atoms with Gasteiger partial charge in [-0.05, 0) is 30.7 Å². The number of hydrogen-bond donors (Lipinski definition) is 4. The lowest BCUT2D eigenvalue weighted by Crippen LogP contribution is -2.51. The third-order valence-electron chi connectivity index (χ3n) is 4.88. The van der Waals surface area contributed by atoms with Crippen molar-refractivity contribution in [3.05, 3.63) is 83.0 Å². The van der Waals surface area contributed by atoms with Crippen LogP contribution < -0.4 is 21.4 Å². The smallest absolute Gasteiger partial charge is 0.368 e. The Balaban J connectivity index is 1.59. The standard InChI is InChI=1S/C20H20F3N5O/c1-12-18(19(29)26-16-8-4-5-11-24-16)28-17(25-12)10-9-15(27-28)13-6-2-3-7-14(13)20(21,22)23/h2-10,15,17,24-25,27H,11H2,1H3,(H,26,29). The van der Waals surface area contributed by atoms with Gasteiger partial charge in [-0.1, -0.05) is 36.4 Å². The lowest BCUT2D eigenvalue weighted by molar-refractivity contribution is -0.138. The van der Waals surface area contributed by atoms with Crippen molar-refractivity contribution in [3.63, 3.8) is 0 Å². The minimum absolute atomic E-state index is 0.0980. The molecule has 0 aliphatic carbocycles. The molecule has 0 saturated carbocycles. The highest BCUT2D eigenvalue weighted by molar-refractivity contribution is 5.95. The largest absolute Gasteiger partial charge is 0.416 e. The second kappa shape index (κ2) is 7.32. The van der Waals surface area contributed by atoms with Gasteiger partial charge in [0.25, 0.3) is 5.91 Å². The van der Waals surface area contributed by atoms with E-state index in [0.717, 1.165) is 6.07 Å². The number of carbonyl (C=O) groups excluding carboxylic acids is 1. The number of allylic oxidation sites excluding steroid dienone is 3. The molecule has 2 atom stereocenters. The molecule has 1 aromatic rings. The molecule has 0 bridgehead atoms.